The Hall–Kier alpha value is -3.29. The minimum absolute atomic E-state index is 0. The second-order valence-electron chi connectivity index (χ2n) is 6.54. The van der Waals surface area contributed by atoms with Crippen molar-refractivity contribution in [2.45, 2.75) is 26.0 Å². The molecule has 0 fully saturated rings. The van der Waals surface area contributed by atoms with Crippen LogP contribution in [0.3, 0.4) is 0 Å². The summed E-state index contributed by atoms with van der Waals surface area (Å²) in [5.41, 5.74) is 9.33. The summed E-state index contributed by atoms with van der Waals surface area (Å²) < 4.78 is 11.4. The molecule has 0 saturated heterocycles. The monoisotopic (exact) mass is 424 g/mol. The maximum Gasteiger partial charge on any atom is 0.216 e. The van der Waals surface area contributed by atoms with Crippen LogP contribution in [0, 0.1) is 0 Å². The number of nitrogens with two attached hydrogens (primary N) is 1. The molecule has 4 aromatic rings. The number of carbonyl (C=O) groups excluding carboxylic acids is 1. The summed E-state index contributed by atoms with van der Waals surface area (Å²) in [6.45, 7) is 0.621. The van der Waals surface area contributed by atoms with Gasteiger partial charge in [-0.2, -0.15) is 0 Å². The molecule has 7 nitrogen and oxygen atoms in total. The van der Waals surface area contributed by atoms with Gasteiger partial charge in [0.25, 0.3) is 0 Å². The zero-order valence-electron chi connectivity index (χ0n) is 16.2. The van der Waals surface area contributed by atoms with Gasteiger partial charge in [-0.05, 0) is 23.8 Å². The normalized spacial score (nSPS) is 10.6. The number of Topliss-reactive ketones (excluding diaryl/α,β-unsaturated/α-hetero) is 1. The van der Waals surface area contributed by atoms with Crippen LogP contribution in [0.25, 0.3) is 11.1 Å². The van der Waals surface area contributed by atoms with Gasteiger partial charge in [0, 0.05) is 31.0 Å². The summed E-state index contributed by atoms with van der Waals surface area (Å²) in [6, 6.07) is 16.6. The number of benzene rings is 2. The Morgan fingerprint density at radius 2 is 1.93 bits per heavy atom. The number of fused-ring (bicyclic) bond motifs is 1. The van der Waals surface area contributed by atoms with Crippen LogP contribution >= 0.6 is 12.4 Å². The van der Waals surface area contributed by atoms with Crippen LogP contribution in [0.4, 0.5) is 0 Å². The topological polar surface area (TPSA) is 104 Å². The van der Waals surface area contributed by atoms with Crippen molar-refractivity contribution in [1.82, 2.24) is 15.0 Å². The van der Waals surface area contributed by atoms with Crippen LogP contribution in [-0.2, 0) is 19.6 Å². The highest BCUT2D eigenvalue weighted by Gasteiger charge is 2.11. The molecule has 0 unspecified atom stereocenters. The van der Waals surface area contributed by atoms with Crippen molar-refractivity contribution in [3.63, 3.8) is 0 Å². The molecule has 0 bridgehead atoms. The molecule has 2 heterocycles. The Morgan fingerprint density at radius 3 is 2.77 bits per heavy atom. The van der Waals surface area contributed by atoms with Crippen LogP contribution in [0.5, 0.6) is 5.88 Å². The average Bonchev–Trinajstić information content (AvgIpc) is 3.19. The van der Waals surface area contributed by atoms with Crippen molar-refractivity contribution in [3.05, 3.63) is 83.6 Å². The van der Waals surface area contributed by atoms with Crippen molar-refractivity contribution in [2.24, 2.45) is 5.73 Å². The van der Waals surface area contributed by atoms with Crippen LogP contribution < -0.4 is 10.5 Å². The van der Waals surface area contributed by atoms with E-state index in [-0.39, 0.29) is 18.2 Å². The molecule has 2 aromatic heterocycles. The van der Waals surface area contributed by atoms with Gasteiger partial charge in [0.2, 0.25) is 5.88 Å². The third-order valence-electron chi connectivity index (χ3n) is 4.45. The van der Waals surface area contributed by atoms with Gasteiger partial charge in [-0.25, -0.2) is 15.0 Å². The van der Waals surface area contributed by atoms with E-state index in [4.69, 9.17) is 14.9 Å². The van der Waals surface area contributed by atoms with Gasteiger partial charge < -0.3 is 14.9 Å². The van der Waals surface area contributed by atoms with E-state index in [0.717, 1.165) is 16.7 Å². The smallest absolute Gasteiger partial charge is 0.216 e. The summed E-state index contributed by atoms with van der Waals surface area (Å²) in [5, 5.41) is 0. The fourth-order valence-corrected chi connectivity index (χ4v) is 2.95. The van der Waals surface area contributed by atoms with E-state index in [1.165, 1.54) is 6.33 Å². The lowest BCUT2D eigenvalue weighted by atomic mass is 10.0. The van der Waals surface area contributed by atoms with Crippen molar-refractivity contribution in [3.8, 4) is 5.88 Å². The number of para-hydroxylation sites is 2. The molecular weight excluding hydrogens is 404 g/mol. The van der Waals surface area contributed by atoms with Gasteiger partial charge in [0.15, 0.2) is 17.3 Å². The van der Waals surface area contributed by atoms with Crippen molar-refractivity contribution in [1.29, 1.82) is 0 Å². The first-order chi connectivity index (χ1) is 14.2. The molecule has 0 aliphatic carbocycles. The molecule has 0 aliphatic rings. The summed E-state index contributed by atoms with van der Waals surface area (Å²) >= 11 is 0. The highest BCUT2D eigenvalue weighted by Crippen LogP contribution is 2.17. The van der Waals surface area contributed by atoms with Crippen LogP contribution in [0.1, 0.15) is 33.9 Å². The zero-order valence-corrected chi connectivity index (χ0v) is 17.0. The molecule has 0 radical (unpaired) electrons. The molecular formula is C22H21ClN4O3. The highest BCUT2D eigenvalue weighted by atomic mass is 35.5. The van der Waals surface area contributed by atoms with E-state index >= 15 is 0 Å². The Bertz CT molecular complexity index is 1110. The molecule has 2 N–H and O–H groups in total. The molecule has 0 saturated carbocycles. The molecule has 8 heteroatoms. The van der Waals surface area contributed by atoms with Gasteiger partial charge >= 0.3 is 0 Å². The number of carbonyl (C=O) groups is 1. The zero-order chi connectivity index (χ0) is 20.1. The number of halogens is 1. The van der Waals surface area contributed by atoms with Gasteiger partial charge in [0.05, 0.1) is 5.69 Å². The lowest BCUT2D eigenvalue weighted by Gasteiger charge is -2.07. The van der Waals surface area contributed by atoms with Gasteiger partial charge in [-0.1, -0.05) is 30.3 Å². The predicted octanol–water partition coefficient (Wildman–Crippen LogP) is 3.89. The lowest BCUT2D eigenvalue weighted by Crippen LogP contribution is -2.05. The first-order valence-corrected chi connectivity index (χ1v) is 9.31. The van der Waals surface area contributed by atoms with Crippen molar-refractivity contribution >= 4 is 29.3 Å². The van der Waals surface area contributed by atoms with E-state index in [9.17, 15) is 4.79 Å². The first-order valence-electron chi connectivity index (χ1n) is 9.31. The minimum atomic E-state index is 0. The van der Waals surface area contributed by atoms with Gasteiger partial charge in [0.1, 0.15) is 18.5 Å². The number of ketones is 1. The van der Waals surface area contributed by atoms with Crippen LogP contribution in [-0.4, -0.2) is 20.7 Å². The van der Waals surface area contributed by atoms with Crippen molar-refractivity contribution < 1.29 is 13.9 Å². The number of hydrogen-bond acceptors (Lipinski definition) is 7. The number of rotatable bonds is 8. The van der Waals surface area contributed by atoms with Gasteiger partial charge in [-0.3, -0.25) is 4.79 Å². The molecule has 30 heavy (non-hydrogen) atoms. The largest absolute Gasteiger partial charge is 0.473 e. The fourth-order valence-electron chi connectivity index (χ4n) is 2.95. The van der Waals surface area contributed by atoms with E-state index in [0.29, 0.717) is 49.0 Å². The van der Waals surface area contributed by atoms with E-state index in [1.807, 2.05) is 42.5 Å². The lowest BCUT2D eigenvalue weighted by molar-refractivity contribution is 0.0980. The molecule has 2 aromatic carbocycles. The molecule has 0 aliphatic heterocycles. The molecule has 154 valence electrons. The highest BCUT2D eigenvalue weighted by molar-refractivity contribution is 5.96. The molecule has 0 spiro atoms. The maximum absolute atomic E-state index is 12.6. The second-order valence-corrected chi connectivity index (χ2v) is 6.54. The number of ether oxygens (including phenoxy) is 1. The van der Waals surface area contributed by atoms with Crippen molar-refractivity contribution in [2.75, 3.05) is 0 Å². The summed E-state index contributed by atoms with van der Waals surface area (Å²) in [7, 11) is 0. The first kappa shape index (κ1) is 21.4. The Balaban J connectivity index is 0.00000256. The SMILES string of the molecule is Cl.NCc1cc(OCc2cccc(C(=O)CCc3nc4ccccc4o3)c2)ncn1. The second kappa shape index (κ2) is 9.96. The summed E-state index contributed by atoms with van der Waals surface area (Å²) in [6.07, 6.45) is 2.20. The van der Waals surface area contributed by atoms with Gasteiger partial charge in [-0.15, -0.1) is 12.4 Å². The number of hydrogen-bond donors (Lipinski definition) is 1. The molecule has 4 rings (SSSR count). The standard InChI is InChI=1S/C22H20N4O3.ClH/c23-12-17-11-22(25-14-24-17)28-13-15-4-3-5-16(10-15)19(27)8-9-21-26-18-6-1-2-7-20(18)29-21;/h1-7,10-11,14H,8-9,12-13,23H2;1H. The van der Waals surface area contributed by atoms with Crippen LogP contribution in [0.2, 0.25) is 0 Å². The van der Waals surface area contributed by atoms with E-state index in [2.05, 4.69) is 15.0 Å². The van der Waals surface area contributed by atoms with Crippen LogP contribution in [0.15, 0.2) is 65.3 Å². The van der Waals surface area contributed by atoms with E-state index < -0.39 is 0 Å². The average molecular weight is 425 g/mol. The Morgan fingerprint density at radius 1 is 1.07 bits per heavy atom. The Labute approximate surface area is 179 Å². The molecule has 0 atom stereocenters. The third kappa shape index (κ3) is 5.20. The number of aryl methyl sites for hydroxylation is 1. The number of nitrogens with zero attached hydrogens (tertiary/aromatic N) is 3. The predicted molar refractivity (Wildman–Crippen MR) is 115 cm³/mol. The quantitative estimate of drug-likeness (QED) is 0.428. The Kier molecular flexibility index (Phi) is 7.11. The minimum Gasteiger partial charge on any atom is -0.473 e. The summed E-state index contributed by atoms with van der Waals surface area (Å²) in [5.74, 6) is 1.05. The number of aromatic nitrogens is 3. The fraction of sp³-hybridized carbons (Fsp3) is 0.182. The van der Waals surface area contributed by atoms with E-state index in [1.54, 1.807) is 12.1 Å². The molecule has 0 amide bonds. The summed E-state index contributed by atoms with van der Waals surface area (Å²) in [4.78, 5) is 25.1. The maximum atomic E-state index is 12.6. The third-order valence-corrected chi connectivity index (χ3v) is 4.45. The number of oxazole rings is 1.